The van der Waals surface area contributed by atoms with Crippen molar-refractivity contribution in [3.63, 3.8) is 0 Å². The van der Waals surface area contributed by atoms with E-state index < -0.39 is 11.6 Å². The van der Waals surface area contributed by atoms with Gasteiger partial charge in [0.25, 0.3) is 0 Å². The van der Waals surface area contributed by atoms with Crippen molar-refractivity contribution in [2.75, 3.05) is 5.73 Å². The summed E-state index contributed by atoms with van der Waals surface area (Å²) in [5, 5.41) is 0. The average Bonchev–Trinajstić information content (AvgIpc) is 2.32. The lowest BCUT2D eigenvalue weighted by molar-refractivity contribution is -0.156. The molecule has 1 atom stereocenters. The number of unbranched alkanes of at least 4 members (excludes halogenated alkanes) is 1. The average molecular weight is 278 g/mol. The molecule has 0 fully saturated rings. The number of rotatable bonds is 6. The summed E-state index contributed by atoms with van der Waals surface area (Å²) in [4.78, 5) is 11.7. The number of hydrogen-bond acceptors (Lipinski definition) is 4. The van der Waals surface area contributed by atoms with Gasteiger partial charge in [0.05, 0.1) is 0 Å². The Bertz CT molecular complexity index is 438. The van der Waals surface area contributed by atoms with Crippen molar-refractivity contribution >= 4 is 11.7 Å². The highest BCUT2D eigenvalue weighted by molar-refractivity contribution is 5.75. The van der Waals surface area contributed by atoms with Crippen LogP contribution in [0.3, 0.4) is 0 Å². The zero-order valence-electron chi connectivity index (χ0n) is 12.7. The molecule has 0 aliphatic rings. The van der Waals surface area contributed by atoms with Gasteiger partial charge in [-0.05, 0) is 57.7 Å². The lowest BCUT2D eigenvalue weighted by Crippen LogP contribution is -2.37. The fourth-order valence-electron chi connectivity index (χ4n) is 1.94. The molecule has 4 nitrogen and oxygen atoms in total. The minimum atomic E-state index is -0.532. The molecular formula is C16H26N2O2. The summed E-state index contributed by atoms with van der Waals surface area (Å²) < 4.78 is 5.25. The first-order chi connectivity index (χ1) is 9.28. The van der Waals surface area contributed by atoms with E-state index in [2.05, 4.69) is 6.07 Å². The Morgan fingerprint density at radius 1 is 1.30 bits per heavy atom. The largest absolute Gasteiger partial charge is 0.459 e. The van der Waals surface area contributed by atoms with Crippen molar-refractivity contribution in [2.45, 2.75) is 58.1 Å². The van der Waals surface area contributed by atoms with Crippen LogP contribution in [0.2, 0.25) is 0 Å². The molecule has 1 unspecified atom stereocenters. The second-order valence-corrected chi connectivity index (χ2v) is 6.13. The summed E-state index contributed by atoms with van der Waals surface area (Å²) in [6, 6.07) is 7.34. The van der Waals surface area contributed by atoms with Crippen molar-refractivity contribution in [3.8, 4) is 0 Å². The summed E-state index contributed by atoms with van der Waals surface area (Å²) >= 11 is 0. The molecule has 0 spiro atoms. The molecule has 20 heavy (non-hydrogen) atoms. The van der Waals surface area contributed by atoms with Crippen LogP contribution in [-0.4, -0.2) is 17.6 Å². The minimum absolute atomic E-state index is 0.318. The van der Waals surface area contributed by atoms with Crippen LogP contribution in [-0.2, 0) is 16.0 Å². The molecule has 0 aliphatic carbocycles. The highest BCUT2D eigenvalue weighted by Gasteiger charge is 2.21. The van der Waals surface area contributed by atoms with Crippen LogP contribution in [0.1, 0.15) is 45.6 Å². The number of aryl methyl sites for hydroxylation is 1. The number of nitrogen functional groups attached to an aromatic ring is 1. The number of nitrogens with two attached hydrogens (primary N) is 2. The zero-order valence-corrected chi connectivity index (χ0v) is 12.7. The van der Waals surface area contributed by atoms with Crippen LogP contribution in [0.25, 0.3) is 0 Å². The first kappa shape index (κ1) is 16.5. The topological polar surface area (TPSA) is 78.3 Å². The van der Waals surface area contributed by atoms with Gasteiger partial charge in [0, 0.05) is 5.69 Å². The molecule has 0 aromatic heterocycles. The van der Waals surface area contributed by atoms with E-state index in [9.17, 15) is 4.79 Å². The van der Waals surface area contributed by atoms with Gasteiger partial charge >= 0.3 is 5.97 Å². The molecule has 0 saturated heterocycles. The number of hydrogen-bond donors (Lipinski definition) is 2. The lowest BCUT2D eigenvalue weighted by Gasteiger charge is -2.22. The molecule has 0 heterocycles. The third kappa shape index (κ3) is 6.57. The first-order valence-corrected chi connectivity index (χ1v) is 7.11. The number of carbonyl (C=O) groups is 1. The van der Waals surface area contributed by atoms with E-state index in [0.717, 1.165) is 24.9 Å². The van der Waals surface area contributed by atoms with Gasteiger partial charge in [-0.1, -0.05) is 18.6 Å². The van der Waals surface area contributed by atoms with E-state index in [4.69, 9.17) is 16.2 Å². The van der Waals surface area contributed by atoms with Gasteiger partial charge in [0.15, 0.2) is 0 Å². The molecule has 0 amide bonds. The Labute approximate surface area is 121 Å². The quantitative estimate of drug-likeness (QED) is 0.476. The molecule has 0 saturated carbocycles. The summed E-state index contributed by atoms with van der Waals surface area (Å²) in [6.07, 6.45) is 3.48. The van der Waals surface area contributed by atoms with E-state index in [1.807, 2.05) is 39.0 Å². The summed E-state index contributed by atoms with van der Waals surface area (Å²) in [7, 11) is 0. The highest BCUT2D eigenvalue weighted by atomic mass is 16.6. The van der Waals surface area contributed by atoms with Gasteiger partial charge in [-0.3, -0.25) is 4.79 Å². The maximum absolute atomic E-state index is 11.7. The maximum atomic E-state index is 11.7. The van der Waals surface area contributed by atoms with E-state index in [0.29, 0.717) is 6.42 Å². The zero-order chi connectivity index (χ0) is 15.2. The summed E-state index contributed by atoms with van der Waals surface area (Å²) in [5.74, 6) is -0.318. The molecule has 0 radical (unpaired) electrons. The molecule has 1 aromatic carbocycles. The van der Waals surface area contributed by atoms with Crippen LogP contribution in [0.5, 0.6) is 0 Å². The highest BCUT2D eigenvalue weighted by Crippen LogP contribution is 2.13. The van der Waals surface area contributed by atoms with Crippen LogP contribution in [0.15, 0.2) is 24.3 Å². The van der Waals surface area contributed by atoms with Gasteiger partial charge in [0.2, 0.25) is 0 Å². The van der Waals surface area contributed by atoms with Crippen LogP contribution >= 0.6 is 0 Å². The molecule has 112 valence electrons. The monoisotopic (exact) mass is 278 g/mol. The SMILES string of the molecule is CC(C)(C)OC(=O)C(N)CCCCc1cccc(N)c1. The molecular weight excluding hydrogens is 252 g/mol. The Kier molecular flexibility index (Phi) is 6.02. The minimum Gasteiger partial charge on any atom is -0.459 e. The fourth-order valence-corrected chi connectivity index (χ4v) is 1.94. The van der Waals surface area contributed by atoms with Crippen molar-refractivity contribution in [3.05, 3.63) is 29.8 Å². The molecule has 1 aromatic rings. The summed E-state index contributed by atoms with van der Waals surface area (Å²) in [5.41, 5.74) is 13.1. The Balaban J connectivity index is 2.25. The molecule has 4 N–H and O–H groups in total. The molecule has 4 heteroatoms. The first-order valence-electron chi connectivity index (χ1n) is 7.11. The van der Waals surface area contributed by atoms with Crippen LogP contribution in [0.4, 0.5) is 5.69 Å². The van der Waals surface area contributed by atoms with E-state index >= 15 is 0 Å². The fraction of sp³-hybridized carbons (Fsp3) is 0.562. The smallest absolute Gasteiger partial charge is 0.323 e. The molecule has 1 rings (SSSR count). The van der Waals surface area contributed by atoms with Gasteiger partial charge in [0.1, 0.15) is 11.6 Å². The number of ether oxygens (including phenoxy) is 1. The van der Waals surface area contributed by atoms with Crippen molar-refractivity contribution in [1.82, 2.24) is 0 Å². The van der Waals surface area contributed by atoms with E-state index in [-0.39, 0.29) is 5.97 Å². The van der Waals surface area contributed by atoms with Crippen LogP contribution < -0.4 is 11.5 Å². The number of carbonyl (C=O) groups excluding carboxylic acids is 1. The predicted octanol–water partition coefficient (Wildman–Crippen LogP) is 2.65. The number of anilines is 1. The number of esters is 1. The maximum Gasteiger partial charge on any atom is 0.323 e. The van der Waals surface area contributed by atoms with Gasteiger partial charge in [-0.25, -0.2) is 0 Å². The normalized spacial score (nSPS) is 13.0. The van der Waals surface area contributed by atoms with Gasteiger partial charge in [-0.15, -0.1) is 0 Å². The van der Waals surface area contributed by atoms with Gasteiger partial charge in [-0.2, -0.15) is 0 Å². The Morgan fingerprint density at radius 2 is 2.00 bits per heavy atom. The summed E-state index contributed by atoms with van der Waals surface area (Å²) in [6.45, 7) is 5.53. The lowest BCUT2D eigenvalue weighted by atomic mass is 10.0. The molecule has 0 bridgehead atoms. The second kappa shape index (κ2) is 7.29. The third-order valence-electron chi connectivity index (χ3n) is 2.89. The molecule has 0 aliphatic heterocycles. The Morgan fingerprint density at radius 3 is 2.60 bits per heavy atom. The van der Waals surface area contributed by atoms with E-state index in [1.54, 1.807) is 0 Å². The Hall–Kier alpha value is -1.55. The number of benzene rings is 1. The van der Waals surface area contributed by atoms with Gasteiger partial charge < -0.3 is 16.2 Å². The standard InChI is InChI=1S/C16H26N2O2/c1-16(2,3)20-15(19)14(18)10-5-4-7-12-8-6-9-13(17)11-12/h6,8-9,11,14H,4-5,7,10,17-18H2,1-3H3. The second-order valence-electron chi connectivity index (χ2n) is 6.13. The van der Waals surface area contributed by atoms with Crippen molar-refractivity contribution in [2.24, 2.45) is 5.73 Å². The van der Waals surface area contributed by atoms with Crippen molar-refractivity contribution < 1.29 is 9.53 Å². The predicted molar refractivity (Wildman–Crippen MR) is 82.2 cm³/mol. The third-order valence-corrected chi connectivity index (χ3v) is 2.89. The van der Waals surface area contributed by atoms with Crippen molar-refractivity contribution in [1.29, 1.82) is 0 Å². The van der Waals surface area contributed by atoms with E-state index in [1.165, 1.54) is 5.56 Å². The van der Waals surface area contributed by atoms with Crippen LogP contribution in [0, 0.1) is 0 Å².